The van der Waals surface area contributed by atoms with Crippen molar-refractivity contribution < 1.29 is 28.2 Å². The Morgan fingerprint density at radius 2 is 1.88 bits per heavy atom. The molecule has 0 fully saturated rings. The Labute approximate surface area is 151 Å². The standard InChI is InChI=1S/C17H23ClFNO5/c1-6-23-16(21)15(9(2)3)25-17(22)20-13-8-14(24-10(4)5)11(18)7-12(13)19/h7-10,15H,6H2,1-5H3,(H,20,22). The summed E-state index contributed by atoms with van der Waals surface area (Å²) < 4.78 is 29.4. The molecule has 140 valence electrons. The Hall–Kier alpha value is -2.02. The van der Waals surface area contributed by atoms with E-state index >= 15 is 0 Å². The van der Waals surface area contributed by atoms with E-state index in [9.17, 15) is 14.0 Å². The smallest absolute Gasteiger partial charge is 0.412 e. The molecule has 1 aromatic rings. The molecule has 0 bridgehead atoms. The van der Waals surface area contributed by atoms with Gasteiger partial charge in [0, 0.05) is 12.0 Å². The summed E-state index contributed by atoms with van der Waals surface area (Å²) in [6.07, 6.45) is -2.26. The van der Waals surface area contributed by atoms with Crippen LogP contribution in [0, 0.1) is 11.7 Å². The van der Waals surface area contributed by atoms with E-state index in [1.165, 1.54) is 6.07 Å². The van der Waals surface area contributed by atoms with Gasteiger partial charge >= 0.3 is 12.1 Å². The van der Waals surface area contributed by atoms with Crippen LogP contribution in [0.4, 0.5) is 14.9 Å². The largest absolute Gasteiger partial charge is 0.489 e. The monoisotopic (exact) mass is 375 g/mol. The number of hydrogen-bond donors (Lipinski definition) is 1. The number of benzene rings is 1. The first-order chi connectivity index (χ1) is 11.6. The number of carbonyl (C=O) groups excluding carboxylic acids is 2. The quantitative estimate of drug-likeness (QED) is 0.715. The highest BCUT2D eigenvalue weighted by atomic mass is 35.5. The summed E-state index contributed by atoms with van der Waals surface area (Å²) in [5.41, 5.74) is -0.170. The number of nitrogens with one attached hydrogen (secondary N) is 1. The van der Waals surface area contributed by atoms with Gasteiger partial charge in [-0.15, -0.1) is 0 Å². The number of rotatable bonds is 7. The minimum Gasteiger partial charge on any atom is -0.489 e. The first-order valence-electron chi connectivity index (χ1n) is 7.95. The zero-order valence-corrected chi connectivity index (χ0v) is 15.6. The minimum absolute atomic E-state index is 0.0803. The summed E-state index contributed by atoms with van der Waals surface area (Å²) in [5.74, 6) is -1.50. The number of esters is 1. The highest BCUT2D eigenvalue weighted by Crippen LogP contribution is 2.31. The summed E-state index contributed by atoms with van der Waals surface area (Å²) in [6.45, 7) is 8.78. The van der Waals surface area contributed by atoms with Crippen LogP contribution < -0.4 is 10.1 Å². The van der Waals surface area contributed by atoms with Crippen LogP contribution in [-0.2, 0) is 14.3 Å². The van der Waals surface area contributed by atoms with Gasteiger partial charge in [-0.05, 0) is 26.8 Å². The van der Waals surface area contributed by atoms with Gasteiger partial charge in [-0.1, -0.05) is 25.4 Å². The maximum Gasteiger partial charge on any atom is 0.412 e. The third-order valence-corrected chi connectivity index (χ3v) is 3.27. The number of ether oxygens (including phenoxy) is 3. The molecule has 1 atom stereocenters. The number of carbonyl (C=O) groups is 2. The van der Waals surface area contributed by atoms with Crippen LogP contribution in [0.15, 0.2) is 12.1 Å². The highest BCUT2D eigenvalue weighted by Gasteiger charge is 2.28. The van der Waals surface area contributed by atoms with E-state index in [4.69, 9.17) is 25.8 Å². The fourth-order valence-corrected chi connectivity index (χ4v) is 2.10. The van der Waals surface area contributed by atoms with Gasteiger partial charge < -0.3 is 14.2 Å². The first-order valence-corrected chi connectivity index (χ1v) is 8.33. The molecule has 0 aromatic heterocycles. The lowest BCUT2D eigenvalue weighted by atomic mass is 10.1. The van der Waals surface area contributed by atoms with Crippen molar-refractivity contribution in [2.24, 2.45) is 5.92 Å². The first kappa shape index (κ1) is 21.0. The predicted molar refractivity (Wildman–Crippen MR) is 92.5 cm³/mol. The maximum atomic E-state index is 14.0. The van der Waals surface area contributed by atoms with Gasteiger partial charge in [-0.25, -0.2) is 14.0 Å². The molecule has 0 spiro atoms. The van der Waals surface area contributed by atoms with E-state index in [1.54, 1.807) is 34.6 Å². The van der Waals surface area contributed by atoms with Gasteiger partial charge in [0.2, 0.25) is 6.10 Å². The number of halogens is 2. The van der Waals surface area contributed by atoms with E-state index in [0.717, 1.165) is 6.07 Å². The Kier molecular flexibility index (Phi) is 7.96. The van der Waals surface area contributed by atoms with Crippen molar-refractivity contribution in [3.8, 4) is 5.75 Å². The molecule has 1 aromatic carbocycles. The van der Waals surface area contributed by atoms with E-state index in [1.807, 2.05) is 0 Å². The van der Waals surface area contributed by atoms with E-state index in [2.05, 4.69) is 5.32 Å². The second-order valence-corrected chi connectivity index (χ2v) is 6.28. The number of hydrogen-bond acceptors (Lipinski definition) is 5. The average Bonchev–Trinajstić information content (AvgIpc) is 2.49. The lowest BCUT2D eigenvalue weighted by molar-refractivity contribution is -0.155. The zero-order valence-electron chi connectivity index (χ0n) is 14.9. The average molecular weight is 376 g/mol. The molecule has 0 heterocycles. The lowest BCUT2D eigenvalue weighted by Crippen LogP contribution is -2.35. The van der Waals surface area contributed by atoms with Crippen molar-refractivity contribution in [1.82, 2.24) is 0 Å². The summed E-state index contributed by atoms with van der Waals surface area (Å²) in [4.78, 5) is 23.8. The van der Waals surface area contributed by atoms with Crippen LogP contribution in [0.5, 0.6) is 5.75 Å². The highest BCUT2D eigenvalue weighted by molar-refractivity contribution is 6.32. The van der Waals surface area contributed by atoms with E-state index in [0.29, 0.717) is 0 Å². The Bertz CT molecular complexity index is 621. The lowest BCUT2D eigenvalue weighted by Gasteiger charge is -2.20. The molecule has 0 saturated heterocycles. The molecule has 0 radical (unpaired) electrons. The van der Waals surface area contributed by atoms with Crippen molar-refractivity contribution >= 4 is 29.4 Å². The van der Waals surface area contributed by atoms with E-state index in [-0.39, 0.29) is 35.1 Å². The third-order valence-electron chi connectivity index (χ3n) is 2.98. The fraction of sp³-hybridized carbons (Fsp3) is 0.529. The van der Waals surface area contributed by atoms with Crippen LogP contribution in [0.25, 0.3) is 0 Å². The molecule has 0 aliphatic carbocycles. The second kappa shape index (κ2) is 9.46. The van der Waals surface area contributed by atoms with Crippen LogP contribution in [0.2, 0.25) is 5.02 Å². The fourth-order valence-electron chi connectivity index (χ4n) is 1.90. The van der Waals surface area contributed by atoms with Gasteiger partial charge in [0.05, 0.1) is 23.4 Å². The van der Waals surface area contributed by atoms with Crippen LogP contribution in [0.1, 0.15) is 34.6 Å². The van der Waals surface area contributed by atoms with Crippen LogP contribution in [-0.4, -0.2) is 30.9 Å². The minimum atomic E-state index is -1.10. The maximum absolute atomic E-state index is 14.0. The number of amides is 1. The van der Waals surface area contributed by atoms with Gasteiger partial charge in [0.25, 0.3) is 0 Å². The zero-order chi connectivity index (χ0) is 19.1. The molecule has 1 unspecified atom stereocenters. The molecule has 8 heteroatoms. The third kappa shape index (κ3) is 6.42. The molecular weight excluding hydrogens is 353 g/mol. The van der Waals surface area contributed by atoms with Gasteiger partial charge in [-0.3, -0.25) is 5.32 Å². The summed E-state index contributed by atoms with van der Waals surface area (Å²) in [5, 5.41) is 2.33. The molecule has 0 saturated carbocycles. The van der Waals surface area contributed by atoms with Crippen LogP contribution >= 0.6 is 11.6 Å². The van der Waals surface area contributed by atoms with Crippen molar-refractivity contribution in [3.63, 3.8) is 0 Å². The van der Waals surface area contributed by atoms with E-state index < -0.39 is 24.0 Å². The molecule has 25 heavy (non-hydrogen) atoms. The SMILES string of the molecule is CCOC(=O)C(OC(=O)Nc1cc(OC(C)C)c(Cl)cc1F)C(C)C. The Morgan fingerprint density at radius 3 is 2.40 bits per heavy atom. The van der Waals surface area contributed by atoms with Crippen molar-refractivity contribution in [3.05, 3.63) is 23.0 Å². The van der Waals surface area contributed by atoms with Crippen molar-refractivity contribution in [2.45, 2.75) is 46.8 Å². The molecule has 1 N–H and O–H groups in total. The molecule has 0 aliphatic rings. The molecule has 6 nitrogen and oxygen atoms in total. The Morgan fingerprint density at radius 1 is 1.24 bits per heavy atom. The molecule has 0 aliphatic heterocycles. The summed E-state index contributed by atoms with van der Waals surface area (Å²) in [6, 6.07) is 2.29. The predicted octanol–water partition coefficient (Wildman–Crippen LogP) is 4.40. The Balaban J connectivity index is 2.89. The number of anilines is 1. The molecular formula is C17H23ClFNO5. The normalized spacial score (nSPS) is 12.0. The van der Waals surface area contributed by atoms with Gasteiger partial charge in [0.1, 0.15) is 11.6 Å². The summed E-state index contributed by atoms with van der Waals surface area (Å²) >= 11 is 5.91. The topological polar surface area (TPSA) is 73.9 Å². The van der Waals surface area contributed by atoms with Crippen LogP contribution in [0.3, 0.4) is 0 Å². The molecule has 1 rings (SSSR count). The van der Waals surface area contributed by atoms with Gasteiger partial charge in [0.15, 0.2) is 0 Å². The molecule has 1 amide bonds. The summed E-state index contributed by atoms with van der Waals surface area (Å²) in [7, 11) is 0. The van der Waals surface area contributed by atoms with Gasteiger partial charge in [-0.2, -0.15) is 0 Å². The second-order valence-electron chi connectivity index (χ2n) is 5.88. The van der Waals surface area contributed by atoms with Crippen molar-refractivity contribution in [2.75, 3.05) is 11.9 Å². The van der Waals surface area contributed by atoms with Crippen molar-refractivity contribution in [1.29, 1.82) is 0 Å².